The first kappa shape index (κ1) is 15.0. The number of rotatable bonds is 6. The fourth-order valence-corrected chi connectivity index (χ4v) is 2.64. The third-order valence-corrected chi connectivity index (χ3v) is 3.66. The van der Waals surface area contributed by atoms with E-state index in [0.29, 0.717) is 0 Å². The summed E-state index contributed by atoms with van der Waals surface area (Å²) in [4.78, 5) is 4.46. The lowest BCUT2D eigenvalue weighted by atomic mass is 10.0. The van der Waals surface area contributed by atoms with Crippen molar-refractivity contribution in [3.63, 3.8) is 0 Å². The number of hydrogen-bond donors (Lipinski definition) is 1. The molecule has 0 fully saturated rings. The molecule has 1 aromatic heterocycles. The zero-order valence-electron chi connectivity index (χ0n) is 11.8. The van der Waals surface area contributed by atoms with Crippen molar-refractivity contribution in [2.75, 3.05) is 13.7 Å². The number of likely N-dealkylation sites (N-methyl/N-ethyl adjacent to an activating group) is 1. The Morgan fingerprint density at radius 2 is 2.15 bits per heavy atom. The van der Waals surface area contributed by atoms with E-state index in [-0.39, 0.29) is 6.04 Å². The monoisotopic (exact) mass is 334 g/mol. The Kier molecular flexibility index (Phi) is 5.56. The van der Waals surface area contributed by atoms with Gasteiger partial charge in [0.2, 0.25) is 0 Å². The van der Waals surface area contributed by atoms with E-state index >= 15 is 0 Å². The minimum absolute atomic E-state index is 0.185. The summed E-state index contributed by atoms with van der Waals surface area (Å²) >= 11 is 3.52. The summed E-state index contributed by atoms with van der Waals surface area (Å²) in [6.07, 6.45) is 2.67. The van der Waals surface area contributed by atoms with Crippen LogP contribution in [0.5, 0.6) is 5.75 Å². The van der Waals surface area contributed by atoms with Gasteiger partial charge in [0.25, 0.3) is 0 Å². The summed E-state index contributed by atoms with van der Waals surface area (Å²) < 4.78 is 6.51. The molecule has 0 aliphatic heterocycles. The van der Waals surface area contributed by atoms with Gasteiger partial charge in [0, 0.05) is 10.7 Å². The van der Waals surface area contributed by atoms with Gasteiger partial charge >= 0.3 is 0 Å². The van der Waals surface area contributed by atoms with Gasteiger partial charge in [-0.1, -0.05) is 28.9 Å². The quantitative estimate of drug-likeness (QED) is 0.873. The van der Waals surface area contributed by atoms with Gasteiger partial charge in [0.05, 0.1) is 18.8 Å². The van der Waals surface area contributed by atoms with E-state index in [9.17, 15) is 0 Å². The molecule has 0 radical (unpaired) electrons. The first-order valence-corrected chi connectivity index (χ1v) is 7.50. The average Bonchev–Trinajstić information content (AvgIpc) is 2.48. The second-order valence-electron chi connectivity index (χ2n) is 4.53. The molecule has 20 heavy (non-hydrogen) atoms. The molecular formula is C16H19BrN2O. The molecule has 2 aromatic rings. The van der Waals surface area contributed by atoms with E-state index in [4.69, 9.17) is 4.74 Å². The predicted octanol–water partition coefficient (Wildman–Crippen LogP) is 3.75. The van der Waals surface area contributed by atoms with E-state index in [1.54, 1.807) is 7.11 Å². The van der Waals surface area contributed by atoms with E-state index in [1.165, 1.54) is 5.56 Å². The summed E-state index contributed by atoms with van der Waals surface area (Å²) in [6, 6.07) is 12.3. The first-order valence-electron chi connectivity index (χ1n) is 6.71. The SMILES string of the molecule is CCNC(Cc1cc(Br)ccc1OC)c1ccccn1. The Labute approximate surface area is 128 Å². The van der Waals surface area contributed by atoms with Crippen LogP contribution < -0.4 is 10.1 Å². The average molecular weight is 335 g/mol. The largest absolute Gasteiger partial charge is 0.496 e. The highest BCUT2D eigenvalue weighted by atomic mass is 79.9. The zero-order valence-corrected chi connectivity index (χ0v) is 13.4. The molecular weight excluding hydrogens is 316 g/mol. The molecule has 1 unspecified atom stereocenters. The van der Waals surface area contributed by atoms with Crippen LogP contribution in [0.15, 0.2) is 47.1 Å². The minimum atomic E-state index is 0.185. The molecule has 0 saturated heterocycles. The molecule has 0 saturated carbocycles. The Hall–Kier alpha value is -1.39. The van der Waals surface area contributed by atoms with Crippen molar-refractivity contribution in [3.8, 4) is 5.75 Å². The van der Waals surface area contributed by atoms with Crippen LogP contribution in [-0.4, -0.2) is 18.6 Å². The van der Waals surface area contributed by atoms with Gasteiger partial charge in [0.1, 0.15) is 5.75 Å². The molecule has 4 heteroatoms. The van der Waals surface area contributed by atoms with Crippen LogP contribution in [0.3, 0.4) is 0 Å². The lowest BCUT2D eigenvalue weighted by Gasteiger charge is -2.19. The number of pyridine rings is 1. The summed E-state index contributed by atoms with van der Waals surface area (Å²) in [5.41, 5.74) is 2.22. The van der Waals surface area contributed by atoms with Crippen molar-refractivity contribution in [2.24, 2.45) is 0 Å². The zero-order chi connectivity index (χ0) is 14.4. The molecule has 106 valence electrons. The summed E-state index contributed by atoms with van der Waals surface area (Å²) in [5, 5.41) is 3.48. The Balaban J connectivity index is 2.26. The number of hydrogen-bond acceptors (Lipinski definition) is 3. The Bertz CT molecular complexity index is 545. The van der Waals surface area contributed by atoms with Crippen molar-refractivity contribution < 1.29 is 4.74 Å². The highest BCUT2D eigenvalue weighted by Gasteiger charge is 2.15. The van der Waals surface area contributed by atoms with Crippen LogP contribution in [0.25, 0.3) is 0 Å². The van der Waals surface area contributed by atoms with Crippen molar-refractivity contribution in [1.82, 2.24) is 10.3 Å². The van der Waals surface area contributed by atoms with E-state index < -0.39 is 0 Å². The van der Waals surface area contributed by atoms with Gasteiger partial charge < -0.3 is 10.1 Å². The third kappa shape index (κ3) is 3.81. The van der Waals surface area contributed by atoms with Crippen molar-refractivity contribution in [1.29, 1.82) is 0 Å². The molecule has 3 nitrogen and oxygen atoms in total. The van der Waals surface area contributed by atoms with Crippen molar-refractivity contribution >= 4 is 15.9 Å². The maximum Gasteiger partial charge on any atom is 0.122 e. The maximum absolute atomic E-state index is 5.45. The number of halogens is 1. The van der Waals surface area contributed by atoms with Crippen molar-refractivity contribution in [2.45, 2.75) is 19.4 Å². The number of benzene rings is 1. The summed E-state index contributed by atoms with van der Waals surface area (Å²) in [7, 11) is 1.70. The molecule has 0 aliphatic carbocycles. The van der Waals surface area contributed by atoms with Crippen LogP contribution in [0.4, 0.5) is 0 Å². The number of nitrogens with zero attached hydrogens (tertiary/aromatic N) is 1. The van der Waals surface area contributed by atoms with Crippen LogP contribution >= 0.6 is 15.9 Å². The predicted molar refractivity (Wildman–Crippen MR) is 85.1 cm³/mol. The molecule has 1 atom stereocenters. The summed E-state index contributed by atoms with van der Waals surface area (Å²) in [5.74, 6) is 0.909. The van der Waals surface area contributed by atoms with Crippen LogP contribution in [0, 0.1) is 0 Å². The highest BCUT2D eigenvalue weighted by molar-refractivity contribution is 9.10. The highest BCUT2D eigenvalue weighted by Crippen LogP contribution is 2.27. The normalized spacial score (nSPS) is 12.2. The van der Waals surface area contributed by atoms with E-state index in [2.05, 4.69) is 45.3 Å². The third-order valence-electron chi connectivity index (χ3n) is 3.16. The molecule has 1 aromatic carbocycles. The summed E-state index contributed by atoms with van der Waals surface area (Å²) in [6.45, 7) is 3.01. The Morgan fingerprint density at radius 3 is 2.80 bits per heavy atom. The number of aromatic nitrogens is 1. The smallest absolute Gasteiger partial charge is 0.122 e. The van der Waals surface area contributed by atoms with Gasteiger partial charge in [0.15, 0.2) is 0 Å². The van der Waals surface area contributed by atoms with Gasteiger partial charge in [-0.2, -0.15) is 0 Å². The van der Waals surface area contributed by atoms with Gasteiger partial charge in [-0.3, -0.25) is 4.98 Å². The molecule has 0 spiro atoms. The van der Waals surface area contributed by atoms with Gasteiger partial charge in [-0.05, 0) is 48.9 Å². The second-order valence-corrected chi connectivity index (χ2v) is 5.44. The molecule has 1 heterocycles. The fourth-order valence-electron chi connectivity index (χ4n) is 2.24. The van der Waals surface area contributed by atoms with E-state index in [0.717, 1.165) is 28.9 Å². The topological polar surface area (TPSA) is 34.1 Å². The number of methoxy groups -OCH3 is 1. The van der Waals surface area contributed by atoms with Crippen LogP contribution in [-0.2, 0) is 6.42 Å². The van der Waals surface area contributed by atoms with Crippen LogP contribution in [0.2, 0.25) is 0 Å². The lowest BCUT2D eigenvalue weighted by Crippen LogP contribution is -2.24. The Morgan fingerprint density at radius 1 is 1.30 bits per heavy atom. The maximum atomic E-state index is 5.45. The van der Waals surface area contributed by atoms with E-state index in [1.807, 2.05) is 30.5 Å². The molecule has 0 bridgehead atoms. The fraction of sp³-hybridized carbons (Fsp3) is 0.312. The first-order chi connectivity index (χ1) is 9.74. The molecule has 0 amide bonds. The van der Waals surface area contributed by atoms with Gasteiger partial charge in [-0.15, -0.1) is 0 Å². The number of nitrogens with one attached hydrogen (secondary N) is 1. The molecule has 1 N–H and O–H groups in total. The lowest BCUT2D eigenvalue weighted by molar-refractivity contribution is 0.405. The van der Waals surface area contributed by atoms with Gasteiger partial charge in [-0.25, -0.2) is 0 Å². The molecule has 0 aliphatic rings. The molecule has 2 rings (SSSR count). The standard InChI is InChI=1S/C16H19BrN2O/c1-3-18-15(14-6-4-5-9-19-14)11-12-10-13(17)7-8-16(12)20-2/h4-10,15,18H,3,11H2,1-2H3. The minimum Gasteiger partial charge on any atom is -0.496 e. The van der Waals surface area contributed by atoms with Crippen LogP contribution in [0.1, 0.15) is 24.2 Å². The van der Waals surface area contributed by atoms with Crippen molar-refractivity contribution in [3.05, 3.63) is 58.3 Å². The number of ether oxygens (including phenoxy) is 1. The second kappa shape index (κ2) is 7.41.